The number of carbonyl (C=O) groups excluding carboxylic acids is 1. The first-order valence-electron chi connectivity index (χ1n) is 7.92. The highest BCUT2D eigenvalue weighted by atomic mass is 79.9. The van der Waals surface area contributed by atoms with E-state index in [0.29, 0.717) is 22.6 Å². The van der Waals surface area contributed by atoms with Gasteiger partial charge < -0.3 is 9.88 Å². The van der Waals surface area contributed by atoms with Crippen molar-refractivity contribution in [2.45, 2.75) is 32.9 Å². The van der Waals surface area contributed by atoms with Gasteiger partial charge in [0.2, 0.25) is 0 Å². The summed E-state index contributed by atoms with van der Waals surface area (Å²) in [7, 11) is 1.90. The molecule has 5 nitrogen and oxygen atoms in total. The van der Waals surface area contributed by atoms with E-state index in [-0.39, 0.29) is 5.91 Å². The maximum absolute atomic E-state index is 12.6. The second kappa shape index (κ2) is 6.86. The molecule has 0 radical (unpaired) electrons. The summed E-state index contributed by atoms with van der Waals surface area (Å²) in [5.74, 6) is 0.171. The summed E-state index contributed by atoms with van der Waals surface area (Å²) < 4.78 is 2.64. The average molecular weight is 412 g/mol. The lowest BCUT2D eigenvalue weighted by Crippen LogP contribution is -2.36. The van der Waals surface area contributed by atoms with E-state index in [1.54, 1.807) is 6.07 Å². The molecule has 2 heterocycles. The number of nitrogens with one attached hydrogen (secondary N) is 1. The summed E-state index contributed by atoms with van der Waals surface area (Å²) in [6, 6.07) is 5.90. The van der Waals surface area contributed by atoms with Gasteiger partial charge in [0.25, 0.3) is 5.91 Å². The van der Waals surface area contributed by atoms with Gasteiger partial charge in [0, 0.05) is 42.8 Å². The van der Waals surface area contributed by atoms with Crippen LogP contribution in [0.25, 0.3) is 0 Å². The van der Waals surface area contributed by atoms with Crippen LogP contribution in [-0.2, 0) is 20.0 Å². The van der Waals surface area contributed by atoms with Crippen LogP contribution in [0.2, 0.25) is 5.02 Å². The predicted octanol–water partition coefficient (Wildman–Crippen LogP) is 3.85. The van der Waals surface area contributed by atoms with E-state index in [9.17, 15) is 4.79 Å². The number of fused-ring (bicyclic) bond motifs is 1. The Morgan fingerprint density at radius 2 is 2.17 bits per heavy atom. The minimum absolute atomic E-state index is 0.247. The fraction of sp³-hybridized carbons (Fsp3) is 0.412. The summed E-state index contributed by atoms with van der Waals surface area (Å²) >= 11 is 9.59. The molecule has 1 aliphatic rings. The fourth-order valence-corrected chi connectivity index (χ4v) is 3.51. The highest BCUT2D eigenvalue weighted by Gasteiger charge is 2.26. The van der Waals surface area contributed by atoms with Crippen molar-refractivity contribution in [3.05, 3.63) is 44.9 Å². The van der Waals surface area contributed by atoms with Crippen molar-refractivity contribution >= 4 is 39.1 Å². The SMILES string of the molecule is CC(C)N1CCc2c(nc(C(=O)Nc3cccc(Br)c3Cl)n2C)C1. The quantitative estimate of drug-likeness (QED) is 0.834. The monoisotopic (exact) mass is 410 g/mol. The van der Waals surface area contributed by atoms with Crippen molar-refractivity contribution in [3.8, 4) is 0 Å². The number of amides is 1. The van der Waals surface area contributed by atoms with Gasteiger partial charge in [-0.05, 0) is 41.9 Å². The van der Waals surface area contributed by atoms with Crippen LogP contribution in [0.15, 0.2) is 22.7 Å². The molecule has 1 aromatic carbocycles. The van der Waals surface area contributed by atoms with Crippen LogP contribution in [0, 0.1) is 0 Å². The molecule has 0 unspecified atom stereocenters. The molecule has 0 aliphatic carbocycles. The number of aromatic nitrogens is 2. The molecular formula is C17H20BrClN4O. The second-order valence-electron chi connectivity index (χ2n) is 6.26. The molecule has 3 rings (SSSR count). The molecule has 1 aromatic heterocycles. The molecule has 0 saturated carbocycles. The smallest absolute Gasteiger partial charge is 0.291 e. The van der Waals surface area contributed by atoms with Crippen LogP contribution in [0.1, 0.15) is 35.9 Å². The Morgan fingerprint density at radius 1 is 1.42 bits per heavy atom. The van der Waals surface area contributed by atoms with E-state index >= 15 is 0 Å². The van der Waals surface area contributed by atoms with Gasteiger partial charge in [-0.25, -0.2) is 4.98 Å². The fourth-order valence-electron chi connectivity index (χ4n) is 2.97. The number of rotatable bonds is 3. The first-order valence-corrected chi connectivity index (χ1v) is 9.09. The van der Waals surface area contributed by atoms with Crippen LogP contribution in [0.4, 0.5) is 5.69 Å². The zero-order valence-electron chi connectivity index (χ0n) is 13.9. The molecule has 0 spiro atoms. The molecule has 7 heteroatoms. The van der Waals surface area contributed by atoms with Gasteiger partial charge in [-0.15, -0.1) is 0 Å². The Balaban J connectivity index is 1.85. The first kappa shape index (κ1) is 17.5. The van der Waals surface area contributed by atoms with Crippen molar-refractivity contribution < 1.29 is 4.79 Å². The standard InChI is InChI=1S/C17H20BrClN4O/c1-10(2)23-8-7-14-13(9-23)20-16(22(14)3)17(24)21-12-6-4-5-11(18)15(12)19/h4-6,10H,7-9H2,1-3H3,(H,21,24). The first-order chi connectivity index (χ1) is 11.4. The number of imidazole rings is 1. The van der Waals surface area contributed by atoms with Gasteiger partial charge in [-0.1, -0.05) is 17.7 Å². The molecule has 24 heavy (non-hydrogen) atoms. The summed E-state index contributed by atoms with van der Waals surface area (Å²) in [6.07, 6.45) is 0.905. The van der Waals surface area contributed by atoms with Crippen molar-refractivity contribution in [2.75, 3.05) is 11.9 Å². The lowest BCUT2D eigenvalue weighted by Gasteiger charge is -2.29. The Morgan fingerprint density at radius 3 is 2.88 bits per heavy atom. The minimum Gasteiger partial charge on any atom is -0.327 e. The number of hydrogen-bond donors (Lipinski definition) is 1. The molecule has 1 amide bonds. The van der Waals surface area contributed by atoms with E-state index in [4.69, 9.17) is 11.6 Å². The molecule has 0 fully saturated rings. The van der Waals surface area contributed by atoms with Gasteiger partial charge in [-0.2, -0.15) is 0 Å². The molecule has 0 saturated heterocycles. The molecule has 1 N–H and O–H groups in total. The van der Waals surface area contributed by atoms with Gasteiger partial charge in [0.05, 0.1) is 16.4 Å². The zero-order valence-corrected chi connectivity index (χ0v) is 16.3. The van der Waals surface area contributed by atoms with Crippen molar-refractivity contribution in [2.24, 2.45) is 7.05 Å². The minimum atomic E-state index is -0.247. The number of carbonyl (C=O) groups is 1. The average Bonchev–Trinajstić information content (AvgIpc) is 2.88. The highest BCUT2D eigenvalue weighted by Crippen LogP contribution is 2.30. The summed E-state index contributed by atoms with van der Waals surface area (Å²) in [5, 5.41) is 3.34. The Labute approximate surface area is 155 Å². The second-order valence-corrected chi connectivity index (χ2v) is 7.49. The molecule has 0 atom stereocenters. The molecular weight excluding hydrogens is 392 g/mol. The van der Waals surface area contributed by atoms with E-state index in [1.807, 2.05) is 23.7 Å². The zero-order chi connectivity index (χ0) is 17.4. The number of halogens is 2. The van der Waals surface area contributed by atoms with E-state index in [0.717, 1.165) is 35.4 Å². The van der Waals surface area contributed by atoms with E-state index < -0.39 is 0 Å². The molecule has 128 valence electrons. The number of nitrogens with zero attached hydrogens (tertiary/aromatic N) is 3. The maximum Gasteiger partial charge on any atom is 0.291 e. The molecule has 2 aromatic rings. The van der Waals surface area contributed by atoms with E-state index in [1.165, 1.54) is 0 Å². The summed E-state index contributed by atoms with van der Waals surface area (Å²) in [6.45, 7) is 6.13. The number of anilines is 1. The van der Waals surface area contributed by atoms with E-state index in [2.05, 4.69) is 45.0 Å². The van der Waals surface area contributed by atoms with Crippen LogP contribution in [0.5, 0.6) is 0 Å². The van der Waals surface area contributed by atoms with Crippen molar-refractivity contribution in [1.29, 1.82) is 0 Å². The van der Waals surface area contributed by atoms with Gasteiger partial charge in [0.15, 0.2) is 5.82 Å². The van der Waals surface area contributed by atoms with Gasteiger partial charge in [-0.3, -0.25) is 9.69 Å². The topological polar surface area (TPSA) is 50.2 Å². The van der Waals surface area contributed by atoms with Crippen LogP contribution in [0.3, 0.4) is 0 Å². The molecule has 1 aliphatic heterocycles. The Kier molecular flexibility index (Phi) is 4.99. The predicted molar refractivity (Wildman–Crippen MR) is 99.6 cm³/mol. The maximum atomic E-state index is 12.6. The summed E-state index contributed by atoms with van der Waals surface area (Å²) in [4.78, 5) is 19.6. The highest BCUT2D eigenvalue weighted by molar-refractivity contribution is 9.10. The third-order valence-corrected chi connectivity index (χ3v) is 5.71. The number of benzene rings is 1. The van der Waals surface area contributed by atoms with Gasteiger partial charge in [0.1, 0.15) is 0 Å². The van der Waals surface area contributed by atoms with Crippen LogP contribution >= 0.6 is 27.5 Å². The van der Waals surface area contributed by atoms with Crippen molar-refractivity contribution in [3.63, 3.8) is 0 Å². The van der Waals surface area contributed by atoms with Crippen LogP contribution < -0.4 is 5.32 Å². The number of hydrogen-bond acceptors (Lipinski definition) is 3. The van der Waals surface area contributed by atoms with Crippen LogP contribution in [-0.4, -0.2) is 32.9 Å². The largest absolute Gasteiger partial charge is 0.327 e. The normalized spacial score (nSPS) is 14.8. The Bertz CT molecular complexity index is 787. The van der Waals surface area contributed by atoms with Crippen molar-refractivity contribution in [1.82, 2.24) is 14.5 Å². The van der Waals surface area contributed by atoms with Gasteiger partial charge >= 0.3 is 0 Å². The third kappa shape index (κ3) is 3.23. The molecule has 0 bridgehead atoms. The third-order valence-electron chi connectivity index (χ3n) is 4.42. The lowest BCUT2D eigenvalue weighted by molar-refractivity contribution is 0.101. The summed E-state index contributed by atoms with van der Waals surface area (Å²) in [5.41, 5.74) is 2.70. The lowest BCUT2D eigenvalue weighted by atomic mass is 10.1. The Hall–Kier alpha value is -1.37.